The summed E-state index contributed by atoms with van der Waals surface area (Å²) in [5.41, 5.74) is 9.22. The summed E-state index contributed by atoms with van der Waals surface area (Å²) in [7, 11) is 0. The molecular formula is C10H13N3O2. The van der Waals surface area contributed by atoms with E-state index >= 15 is 0 Å². The van der Waals surface area contributed by atoms with E-state index in [1.54, 1.807) is 23.3 Å². The summed E-state index contributed by atoms with van der Waals surface area (Å²) in [6, 6.07) is 7.12. The molecule has 0 unspecified atom stereocenters. The van der Waals surface area contributed by atoms with Crippen LogP contribution < -0.4 is 11.3 Å². The van der Waals surface area contributed by atoms with E-state index in [1.807, 2.05) is 12.1 Å². The fourth-order valence-corrected chi connectivity index (χ4v) is 1.34. The van der Waals surface area contributed by atoms with Gasteiger partial charge in [-0.05, 0) is 24.1 Å². The minimum atomic E-state index is 0.283. The first-order valence-electron chi connectivity index (χ1n) is 4.68. The summed E-state index contributed by atoms with van der Waals surface area (Å²) in [6.45, 7) is 0.755. The number of phenolic OH excluding ortho intramolecular Hbond substituents is 1. The highest BCUT2D eigenvalue weighted by Crippen LogP contribution is 2.10. The highest BCUT2D eigenvalue weighted by atomic mass is 16.7. The van der Waals surface area contributed by atoms with E-state index in [0.717, 1.165) is 18.5 Å². The zero-order valence-corrected chi connectivity index (χ0v) is 8.18. The number of nitrogens with two attached hydrogens (primary N) is 1. The van der Waals surface area contributed by atoms with Crippen LogP contribution in [0.1, 0.15) is 5.56 Å². The Hall–Kier alpha value is -1.88. The summed E-state index contributed by atoms with van der Waals surface area (Å²) in [5, 5.41) is 10.9. The van der Waals surface area contributed by atoms with E-state index in [0.29, 0.717) is 5.88 Å². The van der Waals surface area contributed by atoms with Gasteiger partial charge < -0.3 is 15.7 Å². The van der Waals surface area contributed by atoms with Crippen molar-refractivity contribution in [1.29, 1.82) is 0 Å². The molecule has 1 aromatic carbocycles. The summed E-state index contributed by atoms with van der Waals surface area (Å²) >= 11 is 0. The van der Waals surface area contributed by atoms with Crippen LogP contribution in [0.5, 0.6) is 5.75 Å². The lowest BCUT2D eigenvalue weighted by Crippen LogP contribution is -2.29. The monoisotopic (exact) mass is 207 g/mol. The van der Waals surface area contributed by atoms with Gasteiger partial charge in [-0.3, -0.25) is 5.01 Å². The van der Waals surface area contributed by atoms with E-state index in [9.17, 15) is 0 Å². The molecule has 0 amide bonds. The van der Waals surface area contributed by atoms with Crippen LogP contribution in [-0.2, 0) is 11.3 Å². The number of benzene rings is 1. The first-order chi connectivity index (χ1) is 7.24. The Bertz CT molecular complexity index is 361. The van der Waals surface area contributed by atoms with Crippen molar-refractivity contribution in [2.24, 2.45) is 5.73 Å². The van der Waals surface area contributed by atoms with Gasteiger partial charge in [-0.25, -0.2) is 0 Å². The first kappa shape index (κ1) is 9.67. The number of phenols is 1. The maximum absolute atomic E-state index is 9.10. The minimum absolute atomic E-state index is 0.283. The Morgan fingerprint density at radius 1 is 1.33 bits per heavy atom. The van der Waals surface area contributed by atoms with Crippen molar-refractivity contribution in [3.8, 4) is 5.75 Å². The van der Waals surface area contributed by atoms with Crippen molar-refractivity contribution in [2.45, 2.75) is 6.42 Å². The zero-order chi connectivity index (χ0) is 10.7. The van der Waals surface area contributed by atoms with Crippen LogP contribution in [0.3, 0.4) is 0 Å². The van der Waals surface area contributed by atoms with Crippen LogP contribution in [-0.4, -0.2) is 16.7 Å². The lowest BCUT2D eigenvalue weighted by molar-refractivity contribution is 0.0216. The molecule has 80 valence electrons. The summed E-state index contributed by atoms with van der Waals surface area (Å²) in [5.74, 6) is 0.645. The molecule has 2 rings (SSSR count). The van der Waals surface area contributed by atoms with Crippen molar-refractivity contribution in [3.63, 3.8) is 0 Å². The molecule has 0 aliphatic carbocycles. The zero-order valence-electron chi connectivity index (χ0n) is 8.18. The largest absolute Gasteiger partial charge is 0.508 e. The minimum Gasteiger partial charge on any atom is -0.508 e. The quantitative estimate of drug-likeness (QED) is 0.671. The molecule has 15 heavy (non-hydrogen) atoms. The van der Waals surface area contributed by atoms with Gasteiger partial charge in [0.05, 0.1) is 6.20 Å². The molecule has 0 radical (unpaired) electrons. The van der Waals surface area contributed by atoms with Gasteiger partial charge in [-0.15, -0.1) is 0 Å². The summed E-state index contributed by atoms with van der Waals surface area (Å²) in [6.07, 6.45) is 2.54. The summed E-state index contributed by atoms with van der Waals surface area (Å²) in [4.78, 5) is 4.85. The van der Waals surface area contributed by atoms with E-state index in [4.69, 9.17) is 15.7 Å². The van der Waals surface area contributed by atoms with Crippen LogP contribution >= 0.6 is 0 Å². The lowest BCUT2D eigenvalue weighted by atomic mass is 10.1. The van der Waals surface area contributed by atoms with Gasteiger partial charge in [-0.1, -0.05) is 17.7 Å². The van der Waals surface area contributed by atoms with Gasteiger partial charge in [0.15, 0.2) is 0 Å². The third-order valence-electron chi connectivity index (χ3n) is 2.14. The van der Waals surface area contributed by atoms with E-state index in [-0.39, 0.29) is 5.75 Å². The number of nitrogens with zero attached hydrogens (tertiary/aromatic N) is 1. The summed E-state index contributed by atoms with van der Waals surface area (Å²) < 4.78 is 0. The van der Waals surface area contributed by atoms with Gasteiger partial charge in [0, 0.05) is 6.54 Å². The van der Waals surface area contributed by atoms with Crippen molar-refractivity contribution >= 4 is 0 Å². The predicted octanol–water partition coefficient (Wildman–Crippen LogP) is 0.444. The average molecular weight is 207 g/mol. The molecule has 0 fully saturated rings. The molecular weight excluding hydrogens is 194 g/mol. The smallest absolute Gasteiger partial charge is 0.229 e. The second-order valence-corrected chi connectivity index (χ2v) is 3.33. The second-order valence-electron chi connectivity index (χ2n) is 3.33. The number of aromatic hydroxyl groups is 1. The van der Waals surface area contributed by atoms with Crippen molar-refractivity contribution in [1.82, 2.24) is 10.6 Å². The van der Waals surface area contributed by atoms with Crippen molar-refractivity contribution in [3.05, 3.63) is 41.9 Å². The molecule has 1 aliphatic rings. The molecule has 5 heteroatoms. The number of nitrogens with one attached hydrogen (secondary N) is 1. The highest BCUT2D eigenvalue weighted by molar-refractivity contribution is 5.26. The topological polar surface area (TPSA) is 70.8 Å². The maximum atomic E-state index is 9.10. The molecule has 0 saturated carbocycles. The average Bonchev–Trinajstić information content (AvgIpc) is 2.64. The predicted molar refractivity (Wildman–Crippen MR) is 55.0 cm³/mol. The van der Waals surface area contributed by atoms with Crippen LogP contribution in [0.4, 0.5) is 0 Å². The maximum Gasteiger partial charge on any atom is 0.229 e. The Labute approximate surface area is 87.7 Å². The van der Waals surface area contributed by atoms with E-state index in [1.165, 1.54) is 0 Å². The van der Waals surface area contributed by atoms with Crippen molar-refractivity contribution < 1.29 is 9.94 Å². The molecule has 0 bridgehead atoms. The van der Waals surface area contributed by atoms with Crippen LogP contribution in [0.15, 0.2) is 36.3 Å². The van der Waals surface area contributed by atoms with Gasteiger partial charge in [-0.2, -0.15) is 0 Å². The molecule has 0 saturated heterocycles. The molecule has 4 N–H and O–H groups in total. The lowest BCUT2D eigenvalue weighted by Gasteiger charge is -2.12. The second kappa shape index (κ2) is 4.10. The number of hydrogen-bond acceptors (Lipinski definition) is 5. The molecule has 5 nitrogen and oxygen atoms in total. The van der Waals surface area contributed by atoms with Gasteiger partial charge in [0.25, 0.3) is 0 Å². The van der Waals surface area contributed by atoms with Crippen LogP contribution in [0.25, 0.3) is 0 Å². The van der Waals surface area contributed by atoms with Crippen molar-refractivity contribution in [2.75, 3.05) is 6.54 Å². The third-order valence-corrected chi connectivity index (χ3v) is 2.14. The highest BCUT2D eigenvalue weighted by Gasteiger charge is 2.09. The van der Waals surface area contributed by atoms with E-state index in [2.05, 4.69) is 5.59 Å². The number of hydrazine groups is 1. The molecule has 0 atom stereocenters. The van der Waals surface area contributed by atoms with E-state index < -0.39 is 0 Å². The van der Waals surface area contributed by atoms with Gasteiger partial charge in [0.2, 0.25) is 5.88 Å². The SMILES string of the molecule is NC1=CN(CCc2ccc(O)cc2)NO1. The molecule has 1 aromatic rings. The molecule has 1 aliphatic heterocycles. The third kappa shape index (κ3) is 2.54. The van der Waals surface area contributed by atoms with Crippen LogP contribution in [0.2, 0.25) is 0 Å². The standard InChI is InChI=1S/C10H13N3O2/c11-10-7-13(12-15-10)6-5-8-1-3-9(14)4-2-8/h1-4,7,12,14H,5-6,11H2. The van der Waals surface area contributed by atoms with Crippen LogP contribution in [0, 0.1) is 0 Å². The Morgan fingerprint density at radius 2 is 2.07 bits per heavy atom. The Balaban J connectivity index is 1.86. The molecule has 0 aromatic heterocycles. The van der Waals surface area contributed by atoms with Gasteiger partial charge >= 0.3 is 0 Å². The number of hydrogen-bond donors (Lipinski definition) is 3. The fraction of sp³-hybridized carbons (Fsp3) is 0.200. The molecule has 1 heterocycles. The first-order valence-corrected chi connectivity index (χ1v) is 4.68. The normalized spacial score (nSPS) is 14.9. The molecule has 0 spiro atoms. The number of rotatable bonds is 3. The Kier molecular flexibility index (Phi) is 2.64. The van der Waals surface area contributed by atoms with Gasteiger partial charge in [0.1, 0.15) is 5.75 Å². The Morgan fingerprint density at radius 3 is 2.67 bits per heavy atom. The fourth-order valence-electron chi connectivity index (χ4n) is 1.34.